The first-order valence-electron chi connectivity index (χ1n) is 4.20. The zero-order chi connectivity index (χ0) is 10.7. The Morgan fingerprint density at radius 1 is 1.40 bits per heavy atom. The SMILES string of the molecule is O=C(Oc1cc[nH]c(=O)c1)c1cccs1. The Balaban J connectivity index is 2.16. The highest BCUT2D eigenvalue weighted by Gasteiger charge is 2.08. The molecule has 0 spiro atoms. The molecule has 2 rings (SSSR count). The van der Waals surface area contributed by atoms with Gasteiger partial charge < -0.3 is 9.72 Å². The minimum Gasteiger partial charge on any atom is -0.422 e. The lowest BCUT2D eigenvalue weighted by Gasteiger charge is -2.00. The summed E-state index contributed by atoms with van der Waals surface area (Å²) in [5, 5.41) is 1.79. The van der Waals surface area contributed by atoms with Gasteiger partial charge in [-0.3, -0.25) is 4.79 Å². The number of esters is 1. The molecule has 0 aliphatic carbocycles. The molecule has 15 heavy (non-hydrogen) atoms. The lowest BCUT2D eigenvalue weighted by atomic mass is 10.4. The molecule has 0 aliphatic rings. The van der Waals surface area contributed by atoms with Crippen molar-refractivity contribution in [1.82, 2.24) is 4.98 Å². The van der Waals surface area contributed by atoms with E-state index in [0.29, 0.717) is 4.88 Å². The van der Waals surface area contributed by atoms with E-state index >= 15 is 0 Å². The molecule has 2 aromatic heterocycles. The lowest BCUT2D eigenvalue weighted by molar-refractivity contribution is 0.0739. The molecular weight excluding hydrogens is 214 g/mol. The number of aromatic nitrogens is 1. The van der Waals surface area contributed by atoms with Gasteiger partial charge in [-0.1, -0.05) is 6.07 Å². The quantitative estimate of drug-likeness (QED) is 0.784. The van der Waals surface area contributed by atoms with Gasteiger partial charge in [0.25, 0.3) is 5.56 Å². The van der Waals surface area contributed by atoms with Crippen LogP contribution in [-0.2, 0) is 0 Å². The molecule has 0 fully saturated rings. The largest absolute Gasteiger partial charge is 0.422 e. The Kier molecular flexibility index (Phi) is 2.64. The van der Waals surface area contributed by atoms with Gasteiger partial charge in [0.15, 0.2) is 0 Å². The van der Waals surface area contributed by atoms with Crippen molar-refractivity contribution in [3.63, 3.8) is 0 Å². The fourth-order valence-corrected chi connectivity index (χ4v) is 1.64. The van der Waals surface area contributed by atoms with Crippen LogP contribution in [0.4, 0.5) is 0 Å². The van der Waals surface area contributed by atoms with Crippen LogP contribution < -0.4 is 10.3 Å². The van der Waals surface area contributed by atoms with Crippen LogP contribution in [-0.4, -0.2) is 11.0 Å². The summed E-state index contributed by atoms with van der Waals surface area (Å²) in [5.74, 6) is -0.201. The van der Waals surface area contributed by atoms with Crippen LogP contribution in [0.5, 0.6) is 5.75 Å². The molecule has 0 amide bonds. The second-order valence-corrected chi connectivity index (χ2v) is 3.70. The van der Waals surface area contributed by atoms with E-state index in [1.165, 1.54) is 29.7 Å². The Morgan fingerprint density at radius 3 is 2.93 bits per heavy atom. The summed E-state index contributed by atoms with van der Waals surface area (Å²) < 4.78 is 4.99. The predicted octanol–water partition coefficient (Wildman–Crippen LogP) is 1.66. The zero-order valence-corrected chi connectivity index (χ0v) is 8.41. The Labute approximate surface area is 89.2 Å². The van der Waals surface area contributed by atoms with E-state index in [9.17, 15) is 9.59 Å². The number of nitrogens with one attached hydrogen (secondary N) is 1. The van der Waals surface area contributed by atoms with Gasteiger partial charge >= 0.3 is 5.97 Å². The molecule has 5 heteroatoms. The fraction of sp³-hybridized carbons (Fsp3) is 0. The van der Waals surface area contributed by atoms with Crippen LogP contribution in [0, 0.1) is 0 Å². The van der Waals surface area contributed by atoms with E-state index in [1.807, 2.05) is 0 Å². The topological polar surface area (TPSA) is 59.2 Å². The molecule has 0 aliphatic heterocycles. The van der Waals surface area contributed by atoms with E-state index in [1.54, 1.807) is 17.5 Å². The van der Waals surface area contributed by atoms with Crippen molar-refractivity contribution in [3.8, 4) is 5.75 Å². The van der Waals surface area contributed by atoms with Crippen LogP contribution >= 0.6 is 11.3 Å². The summed E-state index contributed by atoms with van der Waals surface area (Å²) in [6, 6.07) is 6.18. The number of carbonyl (C=O) groups is 1. The zero-order valence-electron chi connectivity index (χ0n) is 7.60. The van der Waals surface area contributed by atoms with Crippen LogP contribution in [0.25, 0.3) is 0 Å². The van der Waals surface area contributed by atoms with Gasteiger partial charge in [-0.2, -0.15) is 0 Å². The summed E-state index contributed by atoms with van der Waals surface area (Å²) in [5.41, 5.74) is -0.300. The molecule has 2 heterocycles. The summed E-state index contributed by atoms with van der Waals surface area (Å²) in [6.45, 7) is 0. The maximum Gasteiger partial charge on any atom is 0.353 e. The summed E-state index contributed by atoms with van der Waals surface area (Å²) in [4.78, 5) is 25.3. The van der Waals surface area contributed by atoms with Gasteiger partial charge in [0, 0.05) is 12.3 Å². The van der Waals surface area contributed by atoms with Gasteiger partial charge in [-0.25, -0.2) is 4.79 Å². The minimum atomic E-state index is -0.449. The van der Waals surface area contributed by atoms with Crippen molar-refractivity contribution in [3.05, 3.63) is 51.1 Å². The molecule has 0 unspecified atom stereocenters. The third-order valence-corrected chi connectivity index (χ3v) is 2.53. The van der Waals surface area contributed by atoms with E-state index in [4.69, 9.17) is 4.74 Å². The minimum absolute atomic E-state index is 0.247. The highest BCUT2D eigenvalue weighted by atomic mass is 32.1. The van der Waals surface area contributed by atoms with Crippen molar-refractivity contribution >= 4 is 17.3 Å². The van der Waals surface area contributed by atoms with Crippen molar-refractivity contribution in [1.29, 1.82) is 0 Å². The van der Waals surface area contributed by atoms with Gasteiger partial charge in [0.1, 0.15) is 10.6 Å². The van der Waals surface area contributed by atoms with Gasteiger partial charge in [-0.05, 0) is 17.5 Å². The molecule has 0 radical (unpaired) electrons. The molecule has 0 atom stereocenters. The number of pyridine rings is 1. The molecular formula is C10H7NO3S. The first-order valence-corrected chi connectivity index (χ1v) is 5.08. The van der Waals surface area contributed by atoms with Crippen molar-refractivity contribution in [2.24, 2.45) is 0 Å². The van der Waals surface area contributed by atoms with Crippen LogP contribution in [0.2, 0.25) is 0 Å². The molecule has 2 aromatic rings. The number of ether oxygens (including phenoxy) is 1. The molecule has 76 valence electrons. The summed E-state index contributed by atoms with van der Waals surface area (Å²) in [7, 11) is 0. The number of H-pyrrole nitrogens is 1. The molecule has 4 nitrogen and oxygen atoms in total. The number of aromatic amines is 1. The van der Waals surface area contributed by atoms with Crippen molar-refractivity contribution in [2.45, 2.75) is 0 Å². The third-order valence-electron chi connectivity index (χ3n) is 1.68. The lowest BCUT2D eigenvalue weighted by Crippen LogP contribution is -2.09. The Bertz CT molecular complexity index is 515. The maximum atomic E-state index is 11.5. The monoisotopic (exact) mass is 221 g/mol. The second kappa shape index (κ2) is 4.10. The summed E-state index contributed by atoms with van der Waals surface area (Å²) in [6.07, 6.45) is 1.43. The molecule has 0 aromatic carbocycles. The van der Waals surface area contributed by atoms with Crippen LogP contribution in [0.3, 0.4) is 0 Å². The van der Waals surface area contributed by atoms with Crippen molar-refractivity contribution < 1.29 is 9.53 Å². The Hall–Kier alpha value is -1.88. The standard InChI is InChI=1S/C10H7NO3S/c12-9-6-7(3-4-11-9)14-10(13)8-2-1-5-15-8/h1-6H,(H,11,12). The smallest absolute Gasteiger partial charge is 0.353 e. The molecule has 0 saturated carbocycles. The van der Waals surface area contributed by atoms with E-state index < -0.39 is 5.97 Å². The fourth-order valence-electron chi connectivity index (χ4n) is 1.04. The average molecular weight is 221 g/mol. The molecule has 0 saturated heterocycles. The van der Waals surface area contributed by atoms with Gasteiger partial charge in [-0.15, -0.1) is 11.3 Å². The van der Waals surface area contributed by atoms with E-state index in [2.05, 4.69) is 4.98 Å². The highest BCUT2D eigenvalue weighted by molar-refractivity contribution is 7.12. The highest BCUT2D eigenvalue weighted by Crippen LogP contribution is 2.13. The summed E-state index contributed by atoms with van der Waals surface area (Å²) >= 11 is 1.29. The maximum absolute atomic E-state index is 11.5. The number of rotatable bonds is 2. The average Bonchev–Trinajstić information content (AvgIpc) is 2.70. The van der Waals surface area contributed by atoms with Gasteiger partial charge in [0.2, 0.25) is 0 Å². The second-order valence-electron chi connectivity index (χ2n) is 2.76. The normalized spacial score (nSPS) is 9.87. The van der Waals surface area contributed by atoms with Crippen LogP contribution in [0.1, 0.15) is 9.67 Å². The number of hydrogen-bond donors (Lipinski definition) is 1. The number of thiophene rings is 1. The predicted molar refractivity (Wildman–Crippen MR) is 56.3 cm³/mol. The van der Waals surface area contributed by atoms with Crippen molar-refractivity contribution in [2.75, 3.05) is 0 Å². The number of carbonyl (C=O) groups excluding carboxylic acids is 1. The Morgan fingerprint density at radius 2 is 2.27 bits per heavy atom. The molecule has 0 bridgehead atoms. The number of hydrogen-bond acceptors (Lipinski definition) is 4. The van der Waals surface area contributed by atoms with Gasteiger partial charge in [0.05, 0.1) is 0 Å². The van der Waals surface area contributed by atoms with E-state index in [-0.39, 0.29) is 11.3 Å². The molecule has 1 N–H and O–H groups in total. The third kappa shape index (κ3) is 2.32. The first kappa shape index (κ1) is 9.67. The van der Waals surface area contributed by atoms with E-state index in [0.717, 1.165) is 0 Å². The van der Waals surface area contributed by atoms with Crippen LogP contribution in [0.15, 0.2) is 40.6 Å². The first-order chi connectivity index (χ1) is 7.25.